The number of rotatable bonds is 3. The molecule has 0 radical (unpaired) electrons. The van der Waals surface area contributed by atoms with Gasteiger partial charge in [0.2, 0.25) is 12.0 Å². The van der Waals surface area contributed by atoms with Crippen LogP contribution >= 0.6 is 0 Å². The van der Waals surface area contributed by atoms with Gasteiger partial charge < -0.3 is 15.0 Å². The number of aryl methyl sites for hydroxylation is 1. The smallest absolute Gasteiger partial charge is 0.248 e. The molecule has 2 N–H and O–H groups in total. The average molecular weight is 258 g/mol. The first-order valence-electron chi connectivity index (χ1n) is 6.18. The van der Waals surface area contributed by atoms with Gasteiger partial charge in [-0.2, -0.15) is 0 Å². The highest BCUT2D eigenvalue weighted by atomic mass is 16.5. The lowest BCUT2D eigenvalue weighted by Gasteiger charge is -2.10. The van der Waals surface area contributed by atoms with Gasteiger partial charge in [-0.15, -0.1) is 0 Å². The number of carbonyl (C=O) groups excluding carboxylic acids is 1. The standard InChI is InChI=1S/C14H14N2O3/c1-8-4-9-5-10(6-15-7-17)19-14(9)11-2-3-12(18)16-13(8)11/h2-4,7,10H,5-6H2,1H3,(H,15,17)(H,16,18). The molecule has 1 amide bonds. The molecule has 0 bridgehead atoms. The number of benzene rings is 1. The fraction of sp³-hybridized carbons (Fsp3) is 0.286. The summed E-state index contributed by atoms with van der Waals surface area (Å²) in [5, 5.41) is 3.55. The Morgan fingerprint density at radius 3 is 3.16 bits per heavy atom. The van der Waals surface area contributed by atoms with Crippen LogP contribution in [0.5, 0.6) is 5.75 Å². The second-order valence-corrected chi connectivity index (χ2v) is 4.76. The molecule has 3 rings (SSSR count). The minimum absolute atomic E-state index is 0.0443. The lowest BCUT2D eigenvalue weighted by atomic mass is 10.0. The molecule has 1 atom stereocenters. The van der Waals surface area contributed by atoms with Gasteiger partial charge in [0.25, 0.3) is 0 Å². The van der Waals surface area contributed by atoms with Crippen molar-refractivity contribution in [1.29, 1.82) is 0 Å². The van der Waals surface area contributed by atoms with Crippen LogP contribution in [0, 0.1) is 6.92 Å². The zero-order valence-corrected chi connectivity index (χ0v) is 10.5. The molecular formula is C14H14N2O3. The minimum Gasteiger partial charge on any atom is -0.487 e. The Morgan fingerprint density at radius 2 is 2.37 bits per heavy atom. The summed E-state index contributed by atoms with van der Waals surface area (Å²) < 4.78 is 5.87. The van der Waals surface area contributed by atoms with E-state index in [0.29, 0.717) is 13.0 Å². The van der Waals surface area contributed by atoms with E-state index in [2.05, 4.69) is 10.3 Å². The number of hydrogen-bond acceptors (Lipinski definition) is 3. The number of H-pyrrole nitrogens is 1. The van der Waals surface area contributed by atoms with Crippen molar-refractivity contribution in [1.82, 2.24) is 10.3 Å². The van der Waals surface area contributed by atoms with Crippen LogP contribution in [0.2, 0.25) is 0 Å². The highest BCUT2D eigenvalue weighted by Gasteiger charge is 2.25. The monoisotopic (exact) mass is 258 g/mol. The number of hydrogen-bond donors (Lipinski definition) is 2. The van der Waals surface area contributed by atoms with E-state index in [9.17, 15) is 9.59 Å². The summed E-state index contributed by atoms with van der Waals surface area (Å²) in [6.45, 7) is 2.46. The third kappa shape index (κ3) is 1.97. The van der Waals surface area contributed by atoms with E-state index in [4.69, 9.17) is 4.74 Å². The second kappa shape index (κ2) is 4.42. The van der Waals surface area contributed by atoms with Gasteiger partial charge in [0.15, 0.2) is 0 Å². The van der Waals surface area contributed by atoms with Crippen LogP contribution in [0.1, 0.15) is 11.1 Å². The molecular weight excluding hydrogens is 244 g/mol. The largest absolute Gasteiger partial charge is 0.487 e. The van der Waals surface area contributed by atoms with E-state index in [1.807, 2.05) is 13.0 Å². The Labute approximate surface area is 109 Å². The maximum atomic E-state index is 11.4. The van der Waals surface area contributed by atoms with Crippen molar-refractivity contribution in [3.63, 3.8) is 0 Å². The highest BCUT2D eigenvalue weighted by Crippen LogP contribution is 2.36. The topological polar surface area (TPSA) is 71.2 Å². The quantitative estimate of drug-likeness (QED) is 0.803. The van der Waals surface area contributed by atoms with Gasteiger partial charge in [0.1, 0.15) is 11.9 Å². The van der Waals surface area contributed by atoms with Gasteiger partial charge in [0.05, 0.1) is 12.1 Å². The van der Waals surface area contributed by atoms with Crippen molar-refractivity contribution in [3.8, 4) is 5.75 Å². The van der Waals surface area contributed by atoms with Gasteiger partial charge in [-0.1, -0.05) is 6.07 Å². The van der Waals surface area contributed by atoms with Crippen molar-refractivity contribution in [3.05, 3.63) is 39.7 Å². The van der Waals surface area contributed by atoms with Gasteiger partial charge in [-0.05, 0) is 24.1 Å². The van der Waals surface area contributed by atoms with Gasteiger partial charge in [-0.3, -0.25) is 9.59 Å². The SMILES string of the molecule is Cc1cc2c(c3ccc(=O)[nH]c13)OC(CNC=O)C2. The van der Waals surface area contributed by atoms with Gasteiger partial charge in [0, 0.05) is 17.9 Å². The first-order valence-corrected chi connectivity index (χ1v) is 6.18. The number of pyridine rings is 1. The normalized spacial score (nSPS) is 17.0. The molecule has 5 nitrogen and oxygen atoms in total. The van der Waals surface area contributed by atoms with Crippen LogP contribution in [-0.2, 0) is 11.2 Å². The lowest BCUT2D eigenvalue weighted by Crippen LogP contribution is -2.29. The molecule has 0 spiro atoms. The predicted molar refractivity (Wildman–Crippen MR) is 71.5 cm³/mol. The van der Waals surface area contributed by atoms with E-state index in [1.54, 1.807) is 6.07 Å². The van der Waals surface area contributed by atoms with E-state index in [-0.39, 0.29) is 11.7 Å². The minimum atomic E-state index is -0.118. The number of carbonyl (C=O) groups is 1. The van der Waals surface area contributed by atoms with Crippen LogP contribution in [-0.4, -0.2) is 24.0 Å². The molecule has 1 aliphatic rings. The van der Waals surface area contributed by atoms with Crippen LogP contribution in [0.25, 0.3) is 10.9 Å². The molecule has 2 aromatic rings. The number of fused-ring (bicyclic) bond motifs is 3. The number of aromatic amines is 1. The summed E-state index contributed by atoms with van der Waals surface area (Å²) in [6.07, 6.45) is 1.40. The molecule has 0 saturated carbocycles. The van der Waals surface area contributed by atoms with Crippen LogP contribution in [0.15, 0.2) is 23.0 Å². The lowest BCUT2D eigenvalue weighted by molar-refractivity contribution is -0.109. The zero-order chi connectivity index (χ0) is 13.4. The Bertz CT molecular complexity index is 706. The molecule has 98 valence electrons. The van der Waals surface area contributed by atoms with Crippen molar-refractivity contribution >= 4 is 17.3 Å². The Balaban J connectivity index is 2.07. The van der Waals surface area contributed by atoms with Gasteiger partial charge >= 0.3 is 0 Å². The van der Waals surface area contributed by atoms with E-state index in [1.165, 1.54) is 6.07 Å². The van der Waals surface area contributed by atoms with Crippen molar-refractivity contribution in [2.75, 3.05) is 6.54 Å². The maximum absolute atomic E-state index is 11.4. The van der Waals surface area contributed by atoms with Crippen molar-refractivity contribution in [2.45, 2.75) is 19.4 Å². The highest BCUT2D eigenvalue weighted by molar-refractivity contribution is 5.89. The predicted octanol–water partition coefficient (Wildman–Crippen LogP) is 0.886. The van der Waals surface area contributed by atoms with Crippen LogP contribution in [0.4, 0.5) is 0 Å². The number of aromatic nitrogens is 1. The molecule has 1 aromatic carbocycles. The molecule has 0 saturated heterocycles. The number of ether oxygens (including phenoxy) is 1. The summed E-state index contributed by atoms with van der Waals surface area (Å²) in [6, 6.07) is 5.33. The molecule has 1 aliphatic heterocycles. The van der Waals surface area contributed by atoms with Crippen LogP contribution in [0.3, 0.4) is 0 Å². The maximum Gasteiger partial charge on any atom is 0.248 e. The summed E-state index contributed by atoms with van der Waals surface area (Å²) in [5.41, 5.74) is 2.84. The average Bonchev–Trinajstić information content (AvgIpc) is 2.79. The molecule has 2 heterocycles. The summed E-state index contributed by atoms with van der Waals surface area (Å²) in [7, 11) is 0. The summed E-state index contributed by atoms with van der Waals surface area (Å²) in [5.74, 6) is 0.814. The van der Waals surface area contributed by atoms with Crippen molar-refractivity contribution < 1.29 is 9.53 Å². The van der Waals surface area contributed by atoms with E-state index in [0.717, 1.165) is 34.2 Å². The summed E-state index contributed by atoms with van der Waals surface area (Å²) >= 11 is 0. The molecule has 5 heteroatoms. The van der Waals surface area contributed by atoms with Gasteiger partial charge in [-0.25, -0.2) is 0 Å². The molecule has 1 aromatic heterocycles. The first kappa shape index (κ1) is 11.8. The fourth-order valence-corrected chi connectivity index (χ4v) is 2.58. The fourth-order valence-electron chi connectivity index (χ4n) is 2.58. The Hall–Kier alpha value is -2.30. The molecule has 0 fully saturated rings. The second-order valence-electron chi connectivity index (χ2n) is 4.76. The third-order valence-corrected chi connectivity index (χ3v) is 3.40. The Morgan fingerprint density at radius 1 is 1.53 bits per heavy atom. The Kier molecular flexibility index (Phi) is 2.74. The van der Waals surface area contributed by atoms with E-state index < -0.39 is 0 Å². The zero-order valence-electron chi connectivity index (χ0n) is 10.5. The van der Waals surface area contributed by atoms with Crippen LogP contribution < -0.4 is 15.6 Å². The first-order chi connectivity index (χ1) is 9.19. The number of amides is 1. The number of nitrogens with one attached hydrogen (secondary N) is 2. The van der Waals surface area contributed by atoms with Crippen molar-refractivity contribution in [2.24, 2.45) is 0 Å². The molecule has 1 unspecified atom stereocenters. The summed E-state index contributed by atoms with van der Waals surface area (Å²) in [4.78, 5) is 24.6. The third-order valence-electron chi connectivity index (χ3n) is 3.40. The van der Waals surface area contributed by atoms with E-state index >= 15 is 0 Å². The molecule has 19 heavy (non-hydrogen) atoms. The molecule has 0 aliphatic carbocycles.